The Hall–Kier alpha value is -3.39. The van der Waals surface area contributed by atoms with Crippen LogP contribution in [-0.4, -0.2) is 21.7 Å². The van der Waals surface area contributed by atoms with Gasteiger partial charge in [-0.2, -0.15) is 13.2 Å². The SMILES string of the molecule is Cc1cc(/C(O)=C2\C(=O)C(=O)N(Cc3cccc(C(F)(F)F)c3)C2c2ccccc2)ccc1Br. The van der Waals surface area contributed by atoms with Crippen LogP contribution in [0.5, 0.6) is 0 Å². The van der Waals surface area contributed by atoms with E-state index in [-0.39, 0.29) is 23.4 Å². The van der Waals surface area contributed by atoms with E-state index in [1.54, 1.807) is 48.5 Å². The summed E-state index contributed by atoms with van der Waals surface area (Å²) in [6, 6.07) is 17.3. The van der Waals surface area contributed by atoms with Crippen LogP contribution in [0.15, 0.2) is 82.8 Å². The van der Waals surface area contributed by atoms with Crippen LogP contribution in [0.1, 0.15) is 33.9 Å². The highest BCUT2D eigenvalue weighted by molar-refractivity contribution is 9.10. The first-order chi connectivity index (χ1) is 16.1. The van der Waals surface area contributed by atoms with Gasteiger partial charge >= 0.3 is 6.18 Å². The van der Waals surface area contributed by atoms with Crippen molar-refractivity contribution in [1.82, 2.24) is 4.90 Å². The van der Waals surface area contributed by atoms with Crippen LogP contribution in [0.4, 0.5) is 13.2 Å². The Morgan fingerprint density at radius 1 is 1.00 bits per heavy atom. The number of nitrogens with zero attached hydrogens (tertiary/aromatic N) is 1. The maximum atomic E-state index is 13.2. The zero-order valence-electron chi connectivity index (χ0n) is 17.9. The maximum absolute atomic E-state index is 13.2. The Morgan fingerprint density at radius 2 is 1.71 bits per heavy atom. The Kier molecular flexibility index (Phi) is 6.36. The van der Waals surface area contributed by atoms with Gasteiger partial charge in [-0.05, 0) is 47.9 Å². The fourth-order valence-corrected chi connectivity index (χ4v) is 4.26. The van der Waals surface area contributed by atoms with Crippen molar-refractivity contribution in [3.8, 4) is 0 Å². The topological polar surface area (TPSA) is 57.6 Å². The lowest BCUT2D eigenvalue weighted by molar-refractivity contribution is -0.140. The normalized spacial score (nSPS) is 17.9. The van der Waals surface area contributed by atoms with Gasteiger partial charge in [0, 0.05) is 16.6 Å². The van der Waals surface area contributed by atoms with Crippen molar-refractivity contribution < 1.29 is 27.9 Å². The van der Waals surface area contributed by atoms with Crippen molar-refractivity contribution in [2.24, 2.45) is 0 Å². The highest BCUT2D eigenvalue weighted by atomic mass is 79.9. The molecule has 0 aromatic heterocycles. The fourth-order valence-electron chi connectivity index (χ4n) is 4.02. The largest absolute Gasteiger partial charge is 0.507 e. The second-order valence-corrected chi connectivity index (χ2v) is 8.85. The zero-order valence-corrected chi connectivity index (χ0v) is 19.5. The van der Waals surface area contributed by atoms with Gasteiger partial charge < -0.3 is 10.0 Å². The molecule has 0 radical (unpaired) electrons. The van der Waals surface area contributed by atoms with Gasteiger partial charge in [-0.15, -0.1) is 0 Å². The molecule has 1 fully saturated rings. The first-order valence-electron chi connectivity index (χ1n) is 10.3. The Balaban J connectivity index is 1.83. The molecule has 1 aliphatic heterocycles. The summed E-state index contributed by atoms with van der Waals surface area (Å²) in [6.07, 6.45) is -4.54. The second kappa shape index (κ2) is 9.10. The van der Waals surface area contributed by atoms with E-state index in [4.69, 9.17) is 0 Å². The van der Waals surface area contributed by atoms with E-state index in [0.29, 0.717) is 11.1 Å². The van der Waals surface area contributed by atoms with Gasteiger partial charge in [-0.25, -0.2) is 0 Å². The van der Waals surface area contributed by atoms with Crippen LogP contribution in [0.3, 0.4) is 0 Å². The van der Waals surface area contributed by atoms with E-state index < -0.39 is 29.5 Å². The molecule has 34 heavy (non-hydrogen) atoms. The number of halogens is 4. The minimum atomic E-state index is -4.54. The van der Waals surface area contributed by atoms with Gasteiger partial charge in [0.25, 0.3) is 11.7 Å². The lowest BCUT2D eigenvalue weighted by atomic mass is 9.94. The van der Waals surface area contributed by atoms with Gasteiger partial charge in [0.05, 0.1) is 17.2 Å². The molecule has 0 spiro atoms. The predicted molar refractivity (Wildman–Crippen MR) is 125 cm³/mol. The van der Waals surface area contributed by atoms with Crippen LogP contribution in [-0.2, 0) is 22.3 Å². The lowest BCUT2D eigenvalue weighted by Gasteiger charge is -2.25. The van der Waals surface area contributed by atoms with Crippen LogP contribution >= 0.6 is 15.9 Å². The van der Waals surface area contributed by atoms with E-state index in [9.17, 15) is 27.9 Å². The van der Waals surface area contributed by atoms with Gasteiger partial charge in [0.1, 0.15) is 5.76 Å². The number of alkyl halides is 3. The number of amides is 1. The third kappa shape index (κ3) is 4.50. The third-order valence-corrected chi connectivity index (χ3v) is 6.58. The maximum Gasteiger partial charge on any atom is 0.416 e. The highest BCUT2D eigenvalue weighted by Crippen LogP contribution is 2.41. The summed E-state index contributed by atoms with van der Waals surface area (Å²) in [5.74, 6) is -2.12. The van der Waals surface area contributed by atoms with Gasteiger partial charge in [0.15, 0.2) is 0 Å². The molecule has 4 nitrogen and oxygen atoms in total. The number of rotatable bonds is 4. The Morgan fingerprint density at radius 3 is 2.35 bits per heavy atom. The van der Waals surface area contributed by atoms with E-state index in [1.165, 1.54) is 17.0 Å². The molecule has 1 heterocycles. The molecule has 1 N–H and O–H groups in total. The molecule has 3 aromatic rings. The van der Waals surface area contributed by atoms with Crippen molar-refractivity contribution in [3.05, 3.63) is 111 Å². The monoisotopic (exact) mass is 529 g/mol. The number of hydrogen-bond donors (Lipinski definition) is 1. The van der Waals surface area contributed by atoms with Gasteiger partial charge in [0.2, 0.25) is 0 Å². The van der Waals surface area contributed by atoms with Crippen LogP contribution in [0.2, 0.25) is 0 Å². The molecule has 0 aliphatic carbocycles. The standard InChI is InChI=1S/C26H19BrF3NO3/c1-15-12-18(10-11-20(15)27)23(32)21-22(17-7-3-2-4-8-17)31(25(34)24(21)33)14-16-6-5-9-19(13-16)26(28,29)30/h2-13,22,32H,14H2,1H3/b23-21+. The lowest BCUT2D eigenvalue weighted by Crippen LogP contribution is -2.29. The highest BCUT2D eigenvalue weighted by Gasteiger charge is 2.46. The van der Waals surface area contributed by atoms with E-state index in [0.717, 1.165) is 22.2 Å². The first kappa shape index (κ1) is 23.8. The molecule has 3 aromatic carbocycles. The first-order valence-corrected chi connectivity index (χ1v) is 11.1. The minimum absolute atomic E-state index is 0.107. The van der Waals surface area contributed by atoms with Crippen molar-refractivity contribution in [2.45, 2.75) is 25.7 Å². The Bertz CT molecular complexity index is 1300. The summed E-state index contributed by atoms with van der Waals surface area (Å²) in [6.45, 7) is 1.59. The minimum Gasteiger partial charge on any atom is -0.507 e. The summed E-state index contributed by atoms with van der Waals surface area (Å²) in [4.78, 5) is 27.3. The number of carbonyl (C=O) groups excluding carboxylic acids is 2. The second-order valence-electron chi connectivity index (χ2n) is 8.00. The van der Waals surface area contributed by atoms with Crippen molar-refractivity contribution in [3.63, 3.8) is 0 Å². The van der Waals surface area contributed by atoms with Crippen LogP contribution in [0, 0.1) is 6.92 Å². The summed E-state index contributed by atoms with van der Waals surface area (Å²) in [7, 11) is 0. The number of aliphatic hydroxyl groups excluding tert-OH is 1. The Labute approximate surface area is 202 Å². The molecule has 0 bridgehead atoms. The average Bonchev–Trinajstić information content (AvgIpc) is 3.05. The molecule has 1 saturated heterocycles. The quantitative estimate of drug-likeness (QED) is 0.241. The smallest absolute Gasteiger partial charge is 0.416 e. The molecule has 1 unspecified atom stereocenters. The van der Waals surface area contributed by atoms with Crippen molar-refractivity contribution in [2.75, 3.05) is 0 Å². The van der Waals surface area contributed by atoms with Crippen molar-refractivity contribution in [1.29, 1.82) is 0 Å². The number of carbonyl (C=O) groups is 2. The predicted octanol–water partition coefficient (Wildman–Crippen LogP) is 6.40. The molecular weight excluding hydrogens is 511 g/mol. The molecule has 1 aliphatic rings. The summed E-state index contributed by atoms with van der Waals surface area (Å²) in [5, 5.41) is 11.1. The average molecular weight is 530 g/mol. The number of Topliss-reactive ketones (excluding diaryl/α,β-unsaturated/α-hetero) is 1. The number of benzene rings is 3. The number of likely N-dealkylation sites (tertiary alicyclic amines) is 1. The van der Waals surface area contributed by atoms with Crippen LogP contribution in [0.25, 0.3) is 5.76 Å². The molecule has 0 saturated carbocycles. The molecule has 174 valence electrons. The zero-order chi connectivity index (χ0) is 24.6. The number of hydrogen-bond acceptors (Lipinski definition) is 3. The summed E-state index contributed by atoms with van der Waals surface area (Å²) in [5.41, 5.74) is 1.01. The van der Waals surface area contributed by atoms with E-state index in [1.807, 2.05) is 6.92 Å². The number of aliphatic hydroxyl groups is 1. The van der Waals surface area contributed by atoms with Crippen LogP contribution < -0.4 is 0 Å². The third-order valence-electron chi connectivity index (χ3n) is 5.69. The molecule has 8 heteroatoms. The number of aryl methyl sites for hydroxylation is 1. The molecule has 4 rings (SSSR count). The van der Waals surface area contributed by atoms with Gasteiger partial charge in [-0.3, -0.25) is 9.59 Å². The molecule has 1 amide bonds. The van der Waals surface area contributed by atoms with E-state index in [2.05, 4.69) is 15.9 Å². The number of ketones is 1. The van der Waals surface area contributed by atoms with Gasteiger partial charge in [-0.1, -0.05) is 64.5 Å². The fraction of sp³-hybridized carbons (Fsp3) is 0.154. The van der Waals surface area contributed by atoms with E-state index >= 15 is 0 Å². The molecular formula is C26H19BrF3NO3. The summed E-state index contributed by atoms with van der Waals surface area (Å²) < 4.78 is 40.4. The molecule has 1 atom stereocenters. The van der Waals surface area contributed by atoms with Crippen molar-refractivity contribution >= 4 is 33.4 Å². The summed E-state index contributed by atoms with van der Waals surface area (Å²) >= 11 is 3.39.